The molecule has 0 aliphatic rings. The number of hydrogen-bond donors (Lipinski definition) is 1. The van der Waals surface area contributed by atoms with Crippen molar-refractivity contribution in [1.29, 1.82) is 0 Å². The molecule has 2 aromatic heterocycles. The summed E-state index contributed by atoms with van der Waals surface area (Å²) in [6, 6.07) is 3.48. The summed E-state index contributed by atoms with van der Waals surface area (Å²) < 4.78 is 4.83. The molecule has 1 N–H and O–H groups in total. The van der Waals surface area contributed by atoms with Crippen LogP contribution in [0.3, 0.4) is 0 Å². The van der Waals surface area contributed by atoms with Crippen LogP contribution in [0, 0.1) is 6.92 Å². The summed E-state index contributed by atoms with van der Waals surface area (Å²) in [5.74, 6) is -0.901. The Bertz CT molecular complexity index is 639. The molecule has 20 heavy (non-hydrogen) atoms. The first-order valence-corrected chi connectivity index (χ1v) is 6.85. The zero-order valence-corrected chi connectivity index (χ0v) is 11.9. The Morgan fingerprint density at radius 1 is 1.45 bits per heavy atom. The average Bonchev–Trinajstić information content (AvgIpc) is 2.91. The van der Waals surface area contributed by atoms with Gasteiger partial charge in [-0.3, -0.25) is 9.78 Å². The molecule has 104 valence electrons. The lowest BCUT2D eigenvalue weighted by atomic mass is 10.3. The summed E-state index contributed by atoms with van der Waals surface area (Å²) in [5, 5.41) is 4.39. The standard InChI is InChI=1S/C13H13N3O3S/c1-3-19-13(18)12-16-10(7-20-12)11(17)15-9-5-4-6-14-8(9)2/h4-7H,3H2,1-2H3,(H,15,17). The monoisotopic (exact) mass is 291 g/mol. The fraction of sp³-hybridized carbons (Fsp3) is 0.231. The quantitative estimate of drug-likeness (QED) is 0.874. The number of anilines is 1. The summed E-state index contributed by atoms with van der Waals surface area (Å²) in [7, 11) is 0. The summed E-state index contributed by atoms with van der Waals surface area (Å²) in [5.41, 5.74) is 1.51. The van der Waals surface area contributed by atoms with Crippen molar-refractivity contribution >= 4 is 28.9 Å². The SMILES string of the molecule is CCOC(=O)c1nc(C(=O)Nc2cccnc2C)cs1. The highest BCUT2D eigenvalue weighted by molar-refractivity contribution is 7.11. The van der Waals surface area contributed by atoms with Crippen LogP contribution in [-0.4, -0.2) is 28.5 Å². The molecule has 1 amide bonds. The van der Waals surface area contributed by atoms with Gasteiger partial charge in [-0.1, -0.05) is 0 Å². The van der Waals surface area contributed by atoms with Crippen LogP contribution < -0.4 is 5.32 Å². The number of carbonyl (C=O) groups is 2. The van der Waals surface area contributed by atoms with E-state index in [4.69, 9.17) is 4.74 Å². The van der Waals surface area contributed by atoms with Gasteiger partial charge in [0.2, 0.25) is 5.01 Å². The molecule has 0 fully saturated rings. The molecule has 0 bridgehead atoms. The van der Waals surface area contributed by atoms with Gasteiger partial charge in [-0.05, 0) is 26.0 Å². The predicted octanol–water partition coefficient (Wildman–Crippen LogP) is 2.28. The maximum atomic E-state index is 12.0. The molecule has 0 radical (unpaired) electrons. The Morgan fingerprint density at radius 2 is 2.25 bits per heavy atom. The van der Waals surface area contributed by atoms with Crippen molar-refractivity contribution in [1.82, 2.24) is 9.97 Å². The molecule has 0 aromatic carbocycles. The molecule has 2 aromatic rings. The van der Waals surface area contributed by atoms with Gasteiger partial charge in [0.1, 0.15) is 5.69 Å². The number of aryl methyl sites for hydroxylation is 1. The largest absolute Gasteiger partial charge is 0.461 e. The number of carbonyl (C=O) groups excluding carboxylic acids is 2. The van der Waals surface area contributed by atoms with E-state index in [2.05, 4.69) is 15.3 Å². The zero-order valence-electron chi connectivity index (χ0n) is 11.0. The van der Waals surface area contributed by atoms with E-state index in [0.717, 1.165) is 11.3 Å². The highest BCUT2D eigenvalue weighted by Crippen LogP contribution is 2.15. The number of pyridine rings is 1. The normalized spacial score (nSPS) is 10.1. The molecule has 0 spiro atoms. The van der Waals surface area contributed by atoms with E-state index >= 15 is 0 Å². The highest BCUT2D eigenvalue weighted by atomic mass is 32.1. The molecular weight excluding hydrogens is 278 g/mol. The van der Waals surface area contributed by atoms with E-state index in [1.807, 2.05) is 0 Å². The number of nitrogens with one attached hydrogen (secondary N) is 1. The summed E-state index contributed by atoms with van der Waals surface area (Å²) in [6.45, 7) is 3.78. The third-order valence-electron chi connectivity index (χ3n) is 2.44. The summed E-state index contributed by atoms with van der Waals surface area (Å²) in [4.78, 5) is 31.5. The second-order valence-electron chi connectivity index (χ2n) is 3.85. The van der Waals surface area contributed by atoms with Crippen LogP contribution >= 0.6 is 11.3 Å². The Labute approximate surface area is 119 Å². The van der Waals surface area contributed by atoms with E-state index in [-0.39, 0.29) is 23.2 Å². The Balaban J connectivity index is 2.11. The maximum absolute atomic E-state index is 12.0. The van der Waals surface area contributed by atoms with Crippen LogP contribution in [0.25, 0.3) is 0 Å². The van der Waals surface area contributed by atoms with Gasteiger partial charge in [0.15, 0.2) is 0 Å². The lowest BCUT2D eigenvalue weighted by Crippen LogP contribution is -2.14. The van der Waals surface area contributed by atoms with Crippen molar-refractivity contribution in [3.05, 3.63) is 40.1 Å². The lowest BCUT2D eigenvalue weighted by molar-refractivity contribution is 0.0526. The van der Waals surface area contributed by atoms with Crippen molar-refractivity contribution in [3.8, 4) is 0 Å². The molecule has 6 nitrogen and oxygen atoms in total. The molecule has 0 atom stereocenters. The van der Waals surface area contributed by atoms with E-state index in [1.165, 1.54) is 5.38 Å². The van der Waals surface area contributed by atoms with Crippen molar-refractivity contribution in [2.24, 2.45) is 0 Å². The van der Waals surface area contributed by atoms with E-state index in [1.54, 1.807) is 32.2 Å². The minimum absolute atomic E-state index is 0.167. The van der Waals surface area contributed by atoms with Gasteiger partial charge in [-0.15, -0.1) is 11.3 Å². The molecule has 2 rings (SSSR count). The number of hydrogen-bond acceptors (Lipinski definition) is 6. The Hall–Kier alpha value is -2.28. The van der Waals surface area contributed by atoms with Crippen LogP contribution in [0.4, 0.5) is 5.69 Å². The number of aromatic nitrogens is 2. The summed E-state index contributed by atoms with van der Waals surface area (Å²) in [6.07, 6.45) is 1.65. The van der Waals surface area contributed by atoms with Gasteiger partial charge in [-0.2, -0.15) is 0 Å². The molecule has 0 aliphatic carbocycles. The lowest BCUT2D eigenvalue weighted by Gasteiger charge is -2.05. The smallest absolute Gasteiger partial charge is 0.367 e. The van der Waals surface area contributed by atoms with Crippen LogP contribution in [-0.2, 0) is 4.74 Å². The first-order valence-electron chi connectivity index (χ1n) is 5.97. The topological polar surface area (TPSA) is 81.2 Å². The fourth-order valence-electron chi connectivity index (χ4n) is 1.47. The van der Waals surface area contributed by atoms with Crippen molar-refractivity contribution in [3.63, 3.8) is 0 Å². The van der Waals surface area contributed by atoms with E-state index in [0.29, 0.717) is 11.4 Å². The van der Waals surface area contributed by atoms with Gasteiger partial charge in [0, 0.05) is 11.6 Å². The molecule has 0 aliphatic heterocycles. The molecule has 0 saturated heterocycles. The Kier molecular flexibility index (Phi) is 4.41. The van der Waals surface area contributed by atoms with Crippen LogP contribution in [0.5, 0.6) is 0 Å². The number of thiazole rings is 1. The number of nitrogens with zero attached hydrogens (tertiary/aromatic N) is 2. The average molecular weight is 291 g/mol. The predicted molar refractivity (Wildman–Crippen MR) is 75.0 cm³/mol. The fourth-order valence-corrected chi connectivity index (χ4v) is 2.16. The minimum Gasteiger partial charge on any atom is -0.461 e. The Morgan fingerprint density at radius 3 is 2.95 bits per heavy atom. The van der Waals surface area contributed by atoms with Gasteiger partial charge < -0.3 is 10.1 Å². The third-order valence-corrected chi connectivity index (χ3v) is 3.26. The van der Waals surface area contributed by atoms with E-state index in [9.17, 15) is 9.59 Å². The second kappa shape index (κ2) is 6.25. The molecule has 0 unspecified atom stereocenters. The number of esters is 1. The summed E-state index contributed by atoms with van der Waals surface area (Å²) >= 11 is 1.08. The first kappa shape index (κ1) is 14.1. The molecule has 7 heteroatoms. The van der Waals surface area contributed by atoms with Crippen molar-refractivity contribution in [2.45, 2.75) is 13.8 Å². The minimum atomic E-state index is -0.519. The third kappa shape index (κ3) is 3.18. The van der Waals surface area contributed by atoms with Crippen LogP contribution in [0.15, 0.2) is 23.7 Å². The zero-order chi connectivity index (χ0) is 14.5. The first-order chi connectivity index (χ1) is 9.61. The van der Waals surface area contributed by atoms with Gasteiger partial charge >= 0.3 is 5.97 Å². The van der Waals surface area contributed by atoms with Crippen LogP contribution in [0.2, 0.25) is 0 Å². The van der Waals surface area contributed by atoms with Crippen LogP contribution in [0.1, 0.15) is 32.9 Å². The van der Waals surface area contributed by atoms with Gasteiger partial charge in [-0.25, -0.2) is 9.78 Å². The van der Waals surface area contributed by atoms with Gasteiger partial charge in [0.25, 0.3) is 5.91 Å². The molecular formula is C13H13N3O3S. The number of amides is 1. The highest BCUT2D eigenvalue weighted by Gasteiger charge is 2.16. The van der Waals surface area contributed by atoms with Crippen molar-refractivity contribution < 1.29 is 14.3 Å². The van der Waals surface area contributed by atoms with E-state index < -0.39 is 5.97 Å². The van der Waals surface area contributed by atoms with Crippen molar-refractivity contribution in [2.75, 3.05) is 11.9 Å². The second-order valence-corrected chi connectivity index (χ2v) is 4.71. The molecule has 0 saturated carbocycles. The number of rotatable bonds is 4. The maximum Gasteiger partial charge on any atom is 0.367 e. The van der Waals surface area contributed by atoms with Gasteiger partial charge in [0.05, 0.1) is 18.0 Å². The molecule has 2 heterocycles. The number of ether oxygens (including phenoxy) is 1.